The van der Waals surface area contributed by atoms with Crippen LogP contribution >= 0.6 is 0 Å². The number of nitrogens with zero attached hydrogens (tertiary/aromatic N) is 5. The number of rotatable bonds is 5. The number of nitrogens with one attached hydrogen (secondary N) is 1. The van der Waals surface area contributed by atoms with Crippen molar-refractivity contribution in [3.8, 4) is 0 Å². The van der Waals surface area contributed by atoms with Gasteiger partial charge in [-0.3, -0.25) is 9.59 Å². The number of imidazole rings is 1. The van der Waals surface area contributed by atoms with Gasteiger partial charge < -0.3 is 14.8 Å². The predicted molar refractivity (Wildman–Crippen MR) is 126 cm³/mol. The molecule has 0 bridgehead atoms. The van der Waals surface area contributed by atoms with E-state index in [1.165, 1.54) is 10.5 Å². The number of hydrogen-bond donors (Lipinski definition) is 1. The molecule has 4 heterocycles. The zero-order chi connectivity index (χ0) is 24.5. The number of carbonyl (C=O) groups excluding carboxylic acids is 2. The topological polar surface area (TPSA) is 118 Å². The molecule has 1 N–H and O–H groups in total. The van der Waals surface area contributed by atoms with Crippen LogP contribution in [0.4, 0.5) is 5.82 Å². The Hall–Kier alpha value is -2.79. The molecule has 1 unspecified atom stereocenters. The summed E-state index contributed by atoms with van der Waals surface area (Å²) in [4.78, 5) is 36.1. The van der Waals surface area contributed by atoms with Crippen molar-refractivity contribution in [3.63, 3.8) is 0 Å². The number of aryl methyl sites for hydroxylation is 3. The van der Waals surface area contributed by atoms with Gasteiger partial charge in [-0.15, -0.1) is 0 Å². The molecule has 2 fully saturated rings. The molecule has 2 aromatic heterocycles. The number of carbonyl (C=O) groups is 2. The van der Waals surface area contributed by atoms with E-state index in [1.54, 1.807) is 35.7 Å². The number of sulfonamides is 1. The van der Waals surface area contributed by atoms with Crippen molar-refractivity contribution in [2.75, 3.05) is 31.5 Å². The first-order valence-corrected chi connectivity index (χ1v) is 13.1. The van der Waals surface area contributed by atoms with Crippen LogP contribution in [-0.2, 0) is 26.7 Å². The van der Waals surface area contributed by atoms with Gasteiger partial charge in [0.15, 0.2) is 5.03 Å². The number of piperidine rings is 2. The van der Waals surface area contributed by atoms with E-state index in [2.05, 4.69) is 15.3 Å². The first kappa shape index (κ1) is 24.3. The molecule has 1 atom stereocenters. The molecule has 2 saturated heterocycles. The average molecular weight is 489 g/mol. The first-order chi connectivity index (χ1) is 16.1. The largest absolute Gasteiger partial charge is 0.342 e. The lowest BCUT2D eigenvalue weighted by atomic mass is 9.92. The van der Waals surface area contributed by atoms with Gasteiger partial charge in [-0.2, -0.15) is 4.31 Å². The van der Waals surface area contributed by atoms with E-state index in [0.717, 1.165) is 18.4 Å². The summed E-state index contributed by atoms with van der Waals surface area (Å²) < 4.78 is 28.9. The summed E-state index contributed by atoms with van der Waals surface area (Å²) in [6.45, 7) is 5.26. The van der Waals surface area contributed by atoms with E-state index >= 15 is 0 Å². The molecule has 11 heteroatoms. The molecule has 0 radical (unpaired) electrons. The average Bonchev–Trinajstić information content (AvgIpc) is 3.19. The minimum atomic E-state index is -3.67. The van der Waals surface area contributed by atoms with Crippen LogP contribution in [-0.4, -0.2) is 70.2 Å². The molecule has 2 aliphatic rings. The van der Waals surface area contributed by atoms with Gasteiger partial charge in [-0.1, -0.05) is 6.07 Å². The summed E-state index contributed by atoms with van der Waals surface area (Å²) in [7, 11) is -1.91. The molecule has 0 spiro atoms. The van der Waals surface area contributed by atoms with Crippen molar-refractivity contribution in [1.82, 2.24) is 23.7 Å². The van der Waals surface area contributed by atoms with Crippen LogP contribution in [0, 0.1) is 25.7 Å². The zero-order valence-electron chi connectivity index (χ0n) is 19.9. The number of likely N-dealkylation sites (tertiary alicyclic amines) is 1. The summed E-state index contributed by atoms with van der Waals surface area (Å²) in [6, 6.07) is 3.66. The fourth-order valence-corrected chi connectivity index (χ4v) is 6.04. The molecule has 4 rings (SSSR count). The lowest BCUT2D eigenvalue weighted by molar-refractivity contribution is -0.139. The Bertz CT molecular complexity index is 1130. The number of pyridine rings is 1. The molecule has 2 aromatic rings. The number of hydrogen-bond acceptors (Lipinski definition) is 6. The maximum Gasteiger partial charge on any atom is 0.262 e. The normalized spacial score (nSPS) is 20.3. The lowest BCUT2D eigenvalue weighted by Gasteiger charge is -2.37. The molecule has 0 aliphatic carbocycles. The number of aromatic nitrogens is 3. The van der Waals surface area contributed by atoms with Crippen LogP contribution in [0.25, 0.3) is 0 Å². The molecular formula is C23H32N6O4S. The van der Waals surface area contributed by atoms with Gasteiger partial charge in [0.1, 0.15) is 11.6 Å². The SMILES string of the molecule is Cc1ccc(NC(=O)C2CCCN(C(=O)C3CCN(S(=O)(=O)c4cn(C)c(C)n4)CC3)C2)nc1. The van der Waals surface area contributed by atoms with Crippen LogP contribution in [0.1, 0.15) is 37.1 Å². The highest BCUT2D eigenvalue weighted by atomic mass is 32.2. The Labute approximate surface area is 200 Å². The molecule has 2 amide bonds. The molecule has 0 saturated carbocycles. The van der Waals surface area contributed by atoms with Crippen molar-refractivity contribution in [2.45, 2.75) is 44.6 Å². The lowest BCUT2D eigenvalue weighted by Crippen LogP contribution is -2.48. The van der Waals surface area contributed by atoms with E-state index in [-0.39, 0.29) is 41.8 Å². The van der Waals surface area contributed by atoms with Gasteiger partial charge in [0, 0.05) is 51.5 Å². The minimum absolute atomic E-state index is 0.0108. The van der Waals surface area contributed by atoms with Crippen LogP contribution < -0.4 is 5.32 Å². The molecule has 10 nitrogen and oxygen atoms in total. The molecule has 184 valence electrons. The summed E-state index contributed by atoms with van der Waals surface area (Å²) in [5.74, 6) is 0.504. The summed E-state index contributed by atoms with van der Waals surface area (Å²) >= 11 is 0. The summed E-state index contributed by atoms with van der Waals surface area (Å²) in [5.41, 5.74) is 1.02. The van der Waals surface area contributed by atoms with Crippen LogP contribution in [0.5, 0.6) is 0 Å². The maximum absolute atomic E-state index is 13.2. The van der Waals surface area contributed by atoms with E-state index < -0.39 is 10.0 Å². The number of anilines is 1. The van der Waals surface area contributed by atoms with Crippen molar-refractivity contribution in [2.24, 2.45) is 18.9 Å². The third kappa shape index (κ3) is 5.15. The van der Waals surface area contributed by atoms with Gasteiger partial charge in [0.25, 0.3) is 10.0 Å². The molecule has 0 aromatic carbocycles. The Morgan fingerprint density at radius 3 is 2.41 bits per heavy atom. The van der Waals surface area contributed by atoms with Crippen molar-refractivity contribution < 1.29 is 18.0 Å². The van der Waals surface area contributed by atoms with Gasteiger partial charge >= 0.3 is 0 Å². The monoisotopic (exact) mass is 488 g/mol. The van der Waals surface area contributed by atoms with Crippen LogP contribution in [0.3, 0.4) is 0 Å². The second-order valence-corrected chi connectivity index (χ2v) is 11.1. The minimum Gasteiger partial charge on any atom is -0.342 e. The van der Waals surface area contributed by atoms with Crippen molar-refractivity contribution in [3.05, 3.63) is 35.9 Å². The molecular weight excluding hydrogens is 456 g/mol. The third-order valence-corrected chi connectivity index (χ3v) is 8.53. The van der Waals surface area contributed by atoms with Gasteiger partial charge in [-0.05, 0) is 51.2 Å². The Morgan fingerprint density at radius 1 is 1.06 bits per heavy atom. The third-order valence-electron chi connectivity index (χ3n) is 6.76. The summed E-state index contributed by atoms with van der Waals surface area (Å²) in [5, 5.41) is 2.90. The Kier molecular flexibility index (Phi) is 7.04. The highest BCUT2D eigenvalue weighted by Crippen LogP contribution is 2.27. The van der Waals surface area contributed by atoms with Crippen LogP contribution in [0.2, 0.25) is 0 Å². The molecule has 34 heavy (non-hydrogen) atoms. The fraction of sp³-hybridized carbons (Fsp3) is 0.565. The highest BCUT2D eigenvalue weighted by Gasteiger charge is 2.37. The van der Waals surface area contributed by atoms with E-state index in [1.807, 2.05) is 13.0 Å². The smallest absolute Gasteiger partial charge is 0.262 e. The second-order valence-electron chi connectivity index (χ2n) is 9.25. The highest BCUT2D eigenvalue weighted by molar-refractivity contribution is 7.89. The number of amides is 2. The van der Waals surface area contributed by atoms with E-state index in [9.17, 15) is 18.0 Å². The maximum atomic E-state index is 13.2. The standard InChI is InChI=1S/C23H32N6O4S/c1-16-6-7-20(24-13-16)26-22(30)19-5-4-10-28(14-19)23(31)18-8-11-29(12-9-18)34(32,33)21-15-27(3)17(2)25-21/h6-7,13,15,18-19H,4-5,8-12,14H2,1-3H3,(H,24,26,30). The quantitative estimate of drug-likeness (QED) is 0.685. The Balaban J connectivity index is 1.32. The zero-order valence-corrected chi connectivity index (χ0v) is 20.7. The van der Waals surface area contributed by atoms with Crippen molar-refractivity contribution >= 4 is 27.7 Å². The fourth-order valence-electron chi connectivity index (χ4n) is 4.55. The van der Waals surface area contributed by atoms with E-state index in [0.29, 0.717) is 37.6 Å². The van der Waals surface area contributed by atoms with E-state index in [4.69, 9.17) is 0 Å². The predicted octanol–water partition coefficient (Wildman–Crippen LogP) is 1.71. The van der Waals surface area contributed by atoms with Gasteiger partial charge in [-0.25, -0.2) is 18.4 Å². The molecule has 2 aliphatic heterocycles. The first-order valence-electron chi connectivity index (χ1n) is 11.7. The van der Waals surface area contributed by atoms with Crippen molar-refractivity contribution in [1.29, 1.82) is 0 Å². The van der Waals surface area contributed by atoms with Gasteiger partial charge in [0.2, 0.25) is 11.8 Å². The summed E-state index contributed by atoms with van der Waals surface area (Å²) in [6.07, 6.45) is 5.63. The Morgan fingerprint density at radius 2 is 1.79 bits per heavy atom. The van der Waals surface area contributed by atoms with Crippen LogP contribution in [0.15, 0.2) is 29.6 Å². The second kappa shape index (κ2) is 9.83. The van der Waals surface area contributed by atoms with Gasteiger partial charge in [0.05, 0.1) is 5.92 Å².